The van der Waals surface area contributed by atoms with Crippen LogP contribution in [0.2, 0.25) is 0 Å². The van der Waals surface area contributed by atoms with Crippen molar-refractivity contribution in [2.24, 2.45) is 16.1 Å². The van der Waals surface area contributed by atoms with E-state index in [0.29, 0.717) is 81.0 Å². The Kier molecular flexibility index (Phi) is 15.8. The van der Waals surface area contributed by atoms with E-state index in [1.165, 1.54) is 22.0 Å². The molecule has 1 aromatic carbocycles. The zero-order valence-electron chi connectivity index (χ0n) is 39.2. The molecular weight excluding hydrogens is 877 g/mol. The maximum atomic E-state index is 13.9. The van der Waals surface area contributed by atoms with Crippen LogP contribution in [-0.2, 0) is 33.5 Å². The lowest BCUT2D eigenvalue weighted by Crippen LogP contribution is -2.59. The number of rotatable bonds is 18. The lowest BCUT2D eigenvalue weighted by atomic mass is 9.67. The lowest BCUT2D eigenvalue weighted by molar-refractivity contribution is -0.155. The van der Waals surface area contributed by atoms with Crippen molar-refractivity contribution in [2.45, 2.75) is 117 Å². The zero-order chi connectivity index (χ0) is 48.6. The number of likely N-dealkylation sites (N-methyl/N-ethyl adjacent to an activating group) is 1. The number of thiophene rings is 1. The van der Waals surface area contributed by atoms with Crippen LogP contribution in [0.4, 0.5) is 4.79 Å². The second-order valence-corrected chi connectivity index (χ2v) is 19.3. The van der Waals surface area contributed by atoms with E-state index in [0.717, 1.165) is 26.6 Å². The van der Waals surface area contributed by atoms with Gasteiger partial charge in [-0.2, -0.15) is 0 Å². The molecule has 0 saturated heterocycles. The Morgan fingerprint density at radius 3 is 2.28 bits per heavy atom. The van der Waals surface area contributed by atoms with Crippen LogP contribution in [0.5, 0.6) is 0 Å². The number of aryl methyl sites for hydroxylation is 2. The average molecular weight is 937 g/mol. The van der Waals surface area contributed by atoms with Gasteiger partial charge in [-0.15, -0.1) is 21.5 Å². The maximum Gasteiger partial charge on any atom is 0.312 e. The molecule has 2 atom stereocenters. The number of nitrogens with zero attached hydrogens (tertiary/aromatic N) is 6. The molecule has 2 aliphatic heterocycles. The molecule has 0 bridgehead atoms. The third kappa shape index (κ3) is 11.8. The van der Waals surface area contributed by atoms with E-state index < -0.39 is 52.8 Å². The third-order valence-electron chi connectivity index (χ3n) is 12.0. The van der Waals surface area contributed by atoms with Gasteiger partial charge in [-0.3, -0.25) is 43.2 Å². The minimum Gasteiger partial charge on any atom is -0.460 e. The predicted octanol–water partition coefficient (Wildman–Crippen LogP) is 4.00. The first-order chi connectivity index (χ1) is 31.8. The van der Waals surface area contributed by atoms with Crippen molar-refractivity contribution < 1.29 is 38.3 Å². The smallest absolute Gasteiger partial charge is 0.312 e. The second-order valence-electron chi connectivity index (χ2n) is 18.1. The van der Waals surface area contributed by atoms with Gasteiger partial charge in [0.2, 0.25) is 17.7 Å². The summed E-state index contributed by atoms with van der Waals surface area (Å²) in [6.45, 7) is 12.3. The number of nitrogens with one attached hydrogen (secondary N) is 3. The summed E-state index contributed by atoms with van der Waals surface area (Å²) in [7, 11) is 1.58. The molecule has 2 aromatic heterocycles. The quantitative estimate of drug-likeness (QED) is 0.0470. The molecular formula is C48H60N10O8S. The molecule has 3 aromatic rings. The monoisotopic (exact) mass is 936 g/mol. The van der Waals surface area contributed by atoms with Gasteiger partial charge in [0, 0.05) is 60.4 Å². The first kappa shape index (κ1) is 49.7. The SMILES string of the molecule is Cc1sc2c(c1C)C(c1ccc(C#CCN(C)C(=O)[C@H](CCCNC(N)=O)NC(=O)C3(C(=O)NCCCCCN4C(=O)C=CC4=O)CCC3)cc1)=N[C@@H](CC(=O)OC(C)(C)C)c1nnc(C)n1-2. The number of nitrogens with two attached hydrogens (primary N) is 1. The number of unbranched alkanes of at least 4 members (excludes halogenated alkanes) is 2. The molecule has 1 fully saturated rings. The summed E-state index contributed by atoms with van der Waals surface area (Å²) in [5.41, 5.74) is 7.46. The van der Waals surface area contributed by atoms with E-state index in [1.807, 2.05) is 56.5 Å². The maximum absolute atomic E-state index is 13.9. The van der Waals surface area contributed by atoms with Crippen LogP contribution < -0.4 is 21.7 Å². The summed E-state index contributed by atoms with van der Waals surface area (Å²) in [4.78, 5) is 98.2. The fourth-order valence-corrected chi connectivity index (χ4v) is 9.35. The van der Waals surface area contributed by atoms with Crippen molar-refractivity contribution in [2.75, 3.05) is 33.2 Å². The molecule has 7 amide bonds. The van der Waals surface area contributed by atoms with Crippen LogP contribution in [0.15, 0.2) is 41.4 Å². The molecule has 4 heterocycles. The molecule has 6 rings (SSSR count). The fourth-order valence-electron chi connectivity index (χ4n) is 8.13. The Balaban J connectivity index is 1.11. The number of amides is 7. The minimum absolute atomic E-state index is 0.0250. The van der Waals surface area contributed by atoms with Gasteiger partial charge in [0.25, 0.3) is 11.8 Å². The van der Waals surface area contributed by atoms with E-state index in [4.69, 9.17) is 15.5 Å². The highest BCUT2D eigenvalue weighted by Gasteiger charge is 2.51. The summed E-state index contributed by atoms with van der Waals surface area (Å²) in [5, 5.41) is 18.0. The minimum atomic E-state index is -1.32. The van der Waals surface area contributed by atoms with Crippen LogP contribution in [0.3, 0.4) is 0 Å². The van der Waals surface area contributed by atoms with Crippen LogP contribution in [-0.4, -0.2) is 117 Å². The lowest BCUT2D eigenvalue weighted by Gasteiger charge is -2.39. The first-order valence-electron chi connectivity index (χ1n) is 22.6. The largest absolute Gasteiger partial charge is 0.460 e. The fraction of sp³-hybridized carbons (Fsp3) is 0.500. The Bertz CT molecular complexity index is 2520. The van der Waals surface area contributed by atoms with Gasteiger partial charge in [0.1, 0.15) is 33.9 Å². The van der Waals surface area contributed by atoms with Crippen molar-refractivity contribution >= 4 is 58.6 Å². The molecule has 67 heavy (non-hydrogen) atoms. The van der Waals surface area contributed by atoms with Gasteiger partial charge >= 0.3 is 12.0 Å². The molecule has 1 saturated carbocycles. The Morgan fingerprint density at radius 2 is 1.64 bits per heavy atom. The number of primary amides is 1. The second kappa shape index (κ2) is 21.3. The number of urea groups is 1. The van der Waals surface area contributed by atoms with Gasteiger partial charge in [-0.05, 0) is 104 Å². The number of aromatic nitrogens is 3. The van der Waals surface area contributed by atoms with Crippen LogP contribution in [0.25, 0.3) is 5.00 Å². The molecule has 0 unspecified atom stereocenters. The van der Waals surface area contributed by atoms with Crippen LogP contribution in [0, 0.1) is 38.0 Å². The number of imide groups is 1. The third-order valence-corrected chi connectivity index (χ3v) is 13.2. The highest BCUT2D eigenvalue weighted by Crippen LogP contribution is 2.42. The number of ether oxygens (including phenoxy) is 1. The number of hydrogen-bond donors (Lipinski definition) is 4. The predicted molar refractivity (Wildman–Crippen MR) is 251 cm³/mol. The summed E-state index contributed by atoms with van der Waals surface area (Å²) < 4.78 is 7.67. The van der Waals surface area contributed by atoms with Gasteiger partial charge in [-0.25, -0.2) is 4.79 Å². The Labute approximate surface area is 394 Å². The van der Waals surface area contributed by atoms with Crippen molar-refractivity contribution in [1.29, 1.82) is 0 Å². The van der Waals surface area contributed by atoms with Crippen LogP contribution >= 0.6 is 11.3 Å². The van der Waals surface area contributed by atoms with Crippen molar-refractivity contribution in [3.63, 3.8) is 0 Å². The normalized spacial score (nSPS) is 16.3. The molecule has 1 aliphatic carbocycles. The molecule has 5 N–H and O–H groups in total. The molecule has 0 radical (unpaired) electrons. The summed E-state index contributed by atoms with van der Waals surface area (Å²) in [6.07, 6.45) is 6.12. The van der Waals surface area contributed by atoms with E-state index >= 15 is 0 Å². The number of esters is 1. The van der Waals surface area contributed by atoms with Gasteiger partial charge in [0.05, 0.1) is 18.7 Å². The first-order valence-corrected chi connectivity index (χ1v) is 23.4. The highest BCUT2D eigenvalue weighted by atomic mass is 32.1. The Hall–Kier alpha value is -6.68. The summed E-state index contributed by atoms with van der Waals surface area (Å²) in [6, 6.07) is 5.22. The number of carbonyl (C=O) groups is 7. The summed E-state index contributed by atoms with van der Waals surface area (Å²) in [5.74, 6) is 5.02. The number of aliphatic imine (C=N–C) groups is 1. The van der Waals surface area contributed by atoms with Crippen molar-refractivity contribution in [3.8, 4) is 16.8 Å². The molecule has 19 heteroatoms. The van der Waals surface area contributed by atoms with Gasteiger partial charge in [-0.1, -0.05) is 30.4 Å². The molecule has 3 aliphatic rings. The molecule has 0 spiro atoms. The van der Waals surface area contributed by atoms with Gasteiger partial charge in [0.15, 0.2) is 5.82 Å². The standard InChI is InChI=1S/C48H60N10O8S/c1-29-30(2)67-43-39(29)40(52-35(28-38(61)66-47(4,5)6)41-55-54-31(3)58(41)43)33-18-16-32(17-19-33)14-12-26-56(7)42(62)34(15-11-25-51-46(49)65)53-45(64)48(22-13-23-48)44(63)50-24-9-8-10-27-57-36(59)20-21-37(57)60/h16-21,34-35H,8-11,13,15,22-28H2,1-7H3,(H,50,63)(H,53,64)(H3,49,51,65)/t34-,35-/m0/s1. The van der Waals surface area contributed by atoms with Crippen molar-refractivity contribution in [1.82, 2.24) is 40.5 Å². The zero-order valence-corrected chi connectivity index (χ0v) is 40.1. The average Bonchev–Trinajstić information content (AvgIpc) is 3.86. The van der Waals surface area contributed by atoms with Gasteiger partial charge < -0.3 is 31.3 Å². The number of hydrogen-bond acceptors (Lipinski definition) is 12. The van der Waals surface area contributed by atoms with E-state index in [-0.39, 0.29) is 37.7 Å². The number of carbonyl (C=O) groups excluding carboxylic acids is 7. The molecule has 18 nitrogen and oxygen atoms in total. The summed E-state index contributed by atoms with van der Waals surface area (Å²) >= 11 is 1.62. The highest BCUT2D eigenvalue weighted by molar-refractivity contribution is 7.15. The van der Waals surface area contributed by atoms with Crippen LogP contribution in [0.1, 0.15) is 123 Å². The topological polar surface area (TPSA) is 240 Å². The Morgan fingerprint density at radius 1 is 0.955 bits per heavy atom. The van der Waals surface area contributed by atoms with Crippen molar-refractivity contribution in [3.05, 3.63) is 75.2 Å². The number of benzene rings is 1. The van der Waals surface area contributed by atoms with E-state index in [9.17, 15) is 33.6 Å². The van der Waals surface area contributed by atoms with E-state index in [2.05, 4.69) is 51.8 Å². The van der Waals surface area contributed by atoms with E-state index in [1.54, 1.807) is 18.4 Å². The number of fused-ring (bicyclic) bond motifs is 3. The molecule has 356 valence electrons.